The zero-order valence-corrected chi connectivity index (χ0v) is 14.5. The van der Waals surface area contributed by atoms with Crippen molar-refractivity contribution in [2.45, 2.75) is 26.3 Å². The van der Waals surface area contributed by atoms with Crippen molar-refractivity contribution in [1.82, 2.24) is 10.2 Å². The summed E-state index contributed by atoms with van der Waals surface area (Å²) in [5.74, 6) is 1.02. The Labute approximate surface area is 148 Å². The predicted octanol–water partition coefficient (Wildman–Crippen LogP) is 2.80. The molecule has 2 aromatic rings. The van der Waals surface area contributed by atoms with Crippen molar-refractivity contribution in [1.29, 1.82) is 0 Å². The van der Waals surface area contributed by atoms with Crippen molar-refractivity contribution in [3.05, 3.63) is 59.5 Å². The number of ketones is 1. The lowest BCUT2D eigenvalue weighted by molar-refractivity contribution is -0.122. The highest BCUT2D eigenvalue weighted by atomic mass is 16.3. The van der Waals surface area contributed by atoms with Gasteiger partial charge in [0.2, 0.25) is 5.91 Å². The van der Waals surface area contributed by atoms with Gasteiger partial charge in [0.15, 0.2) is 5.78 Å². The Morgan fingerprint density at radius 1 is 1.16 bits per heavy atom. The number of rotatable bonds is 6. The van der Waals surface area contributed by atoms with E-state index in [-0.39, 0.29) is 17.6 Å². The Morgan fingerprint density at radius 2 is 1.88 bits per heavy atom. The SMILES string of the molecule is Cc1ccc(C(=O)C2CCN(CC(=O)NCc3ccco3)CC2)cc1. The quantitative estimate of drug-likeness (QED) is 0.822. The summed E-state index contributed by atoms with van der Waals surface area (Å²) in [7, 11) is 0. The van der Waals surface area contributed by atoms with Crippen LogP contribution in [0.2, 0.25) is 0 Å². The average molecular weight is 340 g/mol. The zero-order chi connectivity index (χ0) is 17.6. The molecule has 1 N–H and O–H groups in total. The predicted molar refractivity (Wildman–Crippen MR) is 95.2 cm³/mol. The molecule has 1 aromatic heterocycles. The van der Waals surface area contributed by atoms with E-state index in [2.05, 4.69) is 10.2 Å². The third kappa shape index (κ3) is 4.79. The highest BCUT2D eigenvalue weighted by molar-refractivity contribution is 5.97. The molecule has 1 amide bonds. The Hall–Kier alpha value is -2.40. The third-order valence-electron chi connectivity index (χ3n) is 4.70. The van der Waals surface area contributed by atoms with Crippen LogP contribution in [0, 0.1) is 12.8 Å². The van der Waals surface area contributed by atoms with Crippen LogP contribution in [0.5, 0.6) is 0 Å². The molecule has 2 heterocycles. The highest BCUT2D eigenvalue weighted by Gasteiger charge is 2.26. The molecule has 1 fully saturated rings. The van der Waals surface area contributed by atoms with Crippen molar-refractivity contribution in [2.75, 3.05) is 19.6 Å². The zero-order valence-electron chi connectivity index (χ0n) is 14.5. The molecule has 0 atom stereocenters. The van der Waals surface area contributed by atoms with Crippen molar-refractivity contribution >= 4 is 11.7 Å². The maximum atomic E-state index is 12.6. The van der Waals surface area contributed by atoms with Crippen molar-refractivity contribution < 1.29 is 14.0 Å². The molecule has 0 radical (unpaired) electrons. The van der Waals surface area contributed by atoms with Crippen LogP contribution in [0.3, 0.4) is 0 Å². The number of carbonyl (C=O) groups excluding carboxylic acids is 2. The first-order chi connectivity index (χ1) is 12.1. The molecular weight excluding hydrogens is 316 g/mol. The molecule has 0 bridgehead atoms. The highest BCUT2D eigenvalue weighted by Crippen LogP contribution is 2.22. The Balaban J connectivity index is 1.42. The maximum Gasteiger partial charge on any atom is 0.234 e. The molecule has 0 saturated carbocycles. The van der Waals surface area contributed by atoms with Crippen LogP contribution in [0.1, 0.15) is 34.5 Å². The summed E-state index contributed by atoms with van der Waals surface area (Å²) in [5.41, 5.74) is 1.95. The summed E-state index contributed by atoms with van der Waals surface area (Å²) < 4.78 is 5.20. The molecule has 0 aliphatic carbocycles. The van der Waals surface area contributed by atoms with Gasteiger partial charge in [-0.15, -0.1) is 0 Å². The molecule has 0 unspecified atom stereocenters. The Bertz CT molecular complexity index is 699. The van der Waals surface area contributed by atoms with Crippen LogP contribution in [0.15, 0.2) is 47.1 Å². The fraction of sp³-hybridized carbons (Fsp3) is 0.400. The van der Waals surface area contributed by atoms with Crippen molar-refractivity contribution in [3.63, 3.8) is 0 Å². The number of piperidine rings is 1. The van der Waals surface area contributed by atoms with Gasteiger partial charge in [0.1, 0.15) is 5.76 Å². The molecule has 1 aliphatic rings. The fourth-order valence-electron chi connectivity index (χ4n) is 3.16. The largest absolute Gasteiger partial charge is 0.467 e. The number of carbonyl (C=O) groups is 2. The third-order valence-corrected chi connectivity index (χ3v) is 4.70. The number of nitrogens with zero attached hydrogens (tertiary/aromatic N) is 1. The van der Waals surface area contributed by atoms with Gasteiger partial charge >= 0.3 is 0 Å². The summed E-state index contributed by atoms with van der Waals surface area (Å²) in [5, 5.41) is 2.86. The van der Waals surface area contributed by atoms with E-state index in [0.29, 0.717) is 13.1 Å². The van der Waals surface area contributed by atoms with Gasteiger partial charge < -0.3 is 9.73 Å². The number of Topliss-reactive ketones (excluding diaryl/α,β-unsaturated/α-hetero) is 1. The summed E-state index contributed by atoms with van der Waals surface area (Å²) in [6, 6.07) is 11.4. The average Bonchev–Trinajstić information content (AvgIpc) is 3.14. The first kappa shape index (κ1) is 17.4. The normalized spacial score (nSPS) is 15.9. The number of furan rings is 1. The Kier molecular flexibility index (Phi) is 5.66. The molecule has 132 valence electrons. The van der Waals surface area contributed by atoms with Crippen molar-refractivity contribution in [2.24, 2.45) is 5.92 Å². The number of aryl methyl sites for hydroxylation is 1. The molecule has 1 saturated heterocycles. The molecule has 5 nitrogen and oxygen atoms in total. The maximum absolute atomic E-state index is 12.6. The van der Waals surface area contributed by atoms with E-state index in [0.717, 1.165) is 42.8 Å². The lowest BCUT2D eigenvalue weighted by atomic mass is 9.88. The van der Waals surface area contributed by atoms with Crippen LogP contribution in [-0.4, -0.2) is 36.2 Å². The van der Waals surface area contributed by atoms with Gasteiger partial charge in [-0.05, 0) is 45.0 Å². The van der Waals surface area contributed by atoms with Crippen LogP contribution in [0.25, 0.3) is 0 Å². The number of nitrogens with one attached hydrogen (secondary N) is 1. The van der Waals surface area contributed by atoms with Gasteiger partial charge in [0.25, 0.3) is 0 Å². The number of amides is 1. The van der Waals surface area contributed by atoms with E-state index in [1.807, 2.05) is 37.3 Å². The topological polar surface area (TPSA) is 62.6 Å². The van der Waals surface area contributed by atoms with E-state index in [1.165, 1.54) is 0 Å². The van der Waals surface area contributed by atoms with E-state index >= 15 is 0 Å². The minimum Gasteiger partial charge on any atom is -0.467 e. The van der Waals surface area contributed by atoms with E-state index in [1.54, 1.807) is 12.3 Å². The van der Waals surface area contributed by atoms with E-state index in [4.69, 9.17) is 4.42 Å². The minimum atomic E-state index is -0.0142. The first-order valence-corrected chi connectivity index (χ1v) is 8.74. The molecule has 3 rings (SSSR count). The standard InChI is InChI=1S/C20H24N2O3/c1-15-4-6-16(7-5-15)20(24)17-8-10-22(11-9-17)14-19(23)21-13-18-3-2-12-25-18/h2-7,12,17H,8-11,13-14H2,1H3,(H,21,23). The summed E-state index contributed by atoms with van der Waals surface area (Å²) >= 11 is 0. The number of likely N-dealkylation sites (tertiary alicyclic amines) is 1. The van der Waals surface area contributed by atoms with Gasteiger partial charge in [-0.1, -0.05) is 29.8 Å². The molecule has 0 spiro atoms. The summed E-state index contributed by atoms with van der Waals surface area (Å²) in [6.07, 6.45) is 3.20. The van der Waals surface area contributed by atoms with Crippen LogP contribution >= 0.6 is 0 Å². The minimum absolute atomic E-state index is 0.0142. The van der Waals surface area contributed by atoms with Gasteiger partial charge in [0.05, 0.1) is 19.4 Å². The van der Waals surface area contributed by atoms with E-state index < -0.39 is 0 Å². The second-order valence-corrected chi connectivity index (χ2v) is 6.64. The molecule has 1 aromatic carbocycles. The number of benzene rings is 1. The number of hydrogen-bond acceptors (Lipinski definition) is 4. The Morgan fingerprint density at radius 3 is 2.52 bits per heavy atom. The van der Waals surface area contributed by atoms with Crippen LogP contribution < -0.4 is 5.32 Å². The van der Waals surface area contributed by atoms with Gasteiger partial charge in [-0.2, -0.15) is 0 Å². The fourth-order valence-corrected chi connectivity index (χ4v) is 3.16. The van der Waals surface area contributed by atoms with Gasteiger partial charge in [-0.25, -0.2) is 0 Å². The van der Waals surface area contributed by atoms with Crippen LogP contribution in [0.4, 0.5) is 0 Å². The summed E-state index contributed by atoms with van der Waals surface area (Å²) in [4.78, 5) is 26.7. The molecular formula is C20H24N2O3. The number of hydrogen-bond donors (Lipinski definition) is 1. The van der Waals surface area contributed by atoms with Gasteiger partial charge in [-0.3, -0.25) is 14.5 Å². The second-order valence-electron chi connectivity index (χ2n) is 6.64. The van der Waals surface area contributed by atoms with Crippen LogP contribution in [-0.2, 0) is 11.3 Å². The monoisotopic (exact) mass is 340 g/mol. The smallest absolute Gasteiger partial charge is 0.234 e. The second kappa shape index (κ2) is 8.12. The molecule has 1 aliphatic heterocycles. The van der Waals surface area contributed by atoms with E-state index in [9.17, 15) is 9.59 Å². The molecule has 5 heteroatoms. The molecule has 25 heavy (non-hydrogen) atoms. The van der Waals surface area contributed by atoms with Gasteiger partial charge in [0, 0.05) is 11.5 Å². The lowest BCUT2D eigenvalue weighted by Gasteiger charge is -2.30. The van der Waals surface area contributed by atoms with Crippen molar-refractivity contribution in [3.8, 4) is 0 Å². The summed E-state index contributed by atoms with van der Waals surface area (Å²) in [6.45, 7) is 4.34. The first-order valence-electron chi connectivity index (χ1n) is 8.74. The lowest BCUT2D eigenvalue weighted by Crippen LogP contribution is -2.42.